The number of hydrogen-bond acceptors (Lipinski definition) is 4. The van der Waals surface area contributed by atoms with Crippen molar-refractivity contribution < 1.29 is 9.90 Å². The molecule has 6 heteroatoms. The zero-order valence-corrected chi connectivity index (χ0v) is 14.8. The summed E-state index contributed by atoms with van der Waals surface area (Å²) in [5.41, 5.74) is 2.17. The first-order chi connectivity index (χ1) is 9.52. The minimum absolute atomic E-state index is 0. The number of pyridine rings is 1. The number of phenols is 1. The van der Waals surface area contributed by atoms with E-state index in [-0.39, 0.29) is 11.7 Å². The number of aromatic hydroxyl groups is 1. The van der Waals surface area contributed by atoms with Crippen molar-refractivity contribution >= 4 is 23.5 Å². The van der Waals surface area contributed by atoms with Crippen LogP contribution < -0.4 is 5.32 Å². The molecule has 0 spiro atoms. The van der Waals surface area contributed by atoms with Crippen molar-refractivity contribution in [3.8, 4) is 5.75 Å². The Morgan fingerprint density at radius 2 is 2.00 bits per heavy atom. The molecular formula is C15H16LrN2O2S. The number of carbonyl (C=O) groups is 1. The largest absolute Gasteiger partial charge is 0.507 e. The quantitative estimate of drug-likeness (QED) is 0.576. The molecule has 0 atom stereocenters. The van der Waals surface area contributed by atoms with Crippen LogP contribution in [0.1, 0.15) is 21.5 Å². The topological polar surface area (TPSA) is 62.2 Å². The predicted octanol–water partition coefficient (Wildman–Crippen LogP) is 3.38. The molecule has 21 heavy (non-hydrogen) atoms. The second kappa shape index (κ2) is 6.43. The summed E-state index contributed by atoms with van der Waals surface area (Å²) in [5, 5.41) is 12.6. The Balaban J connectivity index is 0.00000220. The average molecular weight is 550 g/mol. The number of phenolic OH excluding ortho intramolecular Hbond substituents is 1. The molecule has 1 aromatic heterocycles. The van der Waals surface area contributed by atoms with Gasteiger partial charge in [-0.25, -0.2) is 4.98 Å². The molecular weight excluding hydrogens is 534 g/mol. The molecule has 0 aliphatic rings. The fraction of sp³-hybridized carbons (Fsp3) is 0.200. The van der Waals surface area contributed by atoms with Crippen molar-refractivity contribution in [2.24, 2.45) is 0 Å². The normalized spacial score (nSPS) is 9.86. The fourth-order valence-corrected chi connectivity index (χ4v) is 2.38. The third-order valence-corrected chi connectivity index (χ3v) is 3.78. The molecule has 1 aromatic carbocycles. The molecule has 0 saturated carbocycles. The Morgan fingerprint density at radius 3 is 2.62 bits per heavy atom. The van der Waals surface area contributed by atoms with E-state index in [0.717, 1.165) is 11.1 Å². The van der Waals surface area contributed by atoms with Crippen LogP contribution in [0.4, 0.5) is 5.82 Å². The Morgan fingerprint density at radius 1 is 1.29 bits per heavy atom. The molecule has 0 aliphatic heterocycles. The average Bonchev–Trinajstić information content (AvgIpc) is 2.41. The number of nitrogens with one attached hydrogen (secondary N) is 1. The van der Waals surface area contributed by atoms with E-state index in [9.17, 15) is 9.90 Å². The maximum Gasteiger partial charge on any atom is 0.257 e. The van der Waals surface area contributed by atoms with Gasteiger partial charge in [0.1, 0.15) is 11.6 Å². The SMILES string of the molecule is CSc1cc(C(=O)Nc2ncccc2C)c(C)cc1O.[Lr]. The van der Waals surface area contributed by atoms with Gasteiger partial charge in [-0.1, -0.05) is 6.07 Å². The number of hydrogen-bond donors (Lipinski definition) is 2. The summed E-state index contributed by atoms with van der Waals surface area (Å²) in [7, 11) is 0. The van der Waals surface area contributed by atoms with Crippen molar-refractivity contribution in [2.45, 2.75) is 18.7 Å². The van der Waals surface area contributed by atoms with Crippen molar-refractivity contribution in [2.75, 3.05) is 11.6 Å². The van der Waals surface area contributed by atoms with Gasteiger partial charge in [0.05, 0.1) is 0 Å². The number of aromatic nitrogens is 1. The van der Waals surface area contributed by atoms with Crippen LogP contribution in [-0.4, -0.2) is 22.3 Å². The van der Waals surface area contributed by atoms with E-state index in [1.54, 1.807) is 25.3 Å². The summed E-state index contributed by atoms with van der Waals surface area (Å²) in [5.74, 6) is 0.524. The molecule has 2 rings (SSSR count). The van der Waals surface area contributed by atoms with Gasteiger partial charge in [-0.15, -0.1) is 11.8 Å². The Labute approximate surface area is 122 Å². The summed E-state index contributed by atoms with van der Waals surface area (Å²) in [6, 6.07) is 7.01. The minimum atomic E-state index is -0.223. The van der Waals surface area contributed by atoms with Crippen LogP contribution in [-0.2, 0) is 0 Å². The van der Waals surface area contributed by atoms with Crippen LogP contribution >= 0.6 is 11.8 Å². The number of carbonyl (C=O) groups excluding carboxylic acids is 1. The Hall–Kier alpha value is -3.01. The maximum absolute atomic E-state index is 12.3. The van der Waals surface area contributed by atoms with E-state index in [1.807, 2.05) is 25.3 Å². The van der Waals surface area contributed by atoms with Crippen LogP contribution in [0, 0.1) is 13.8 Å². The van der Waals surface area contributed by atoms with Crippen molar-refractivity contribution in [1.82, 2.24) is 4.98 Å². The molecule has 0 saturated heterocycles. The molecule has 0 aliphatic carbocycles. The smallest absolute Gasteiger partial charge is 0.257 e. The molecule has 1 amide bonds. The summed E-state index contributed by atoms with van der Waals surface area (Å²) in [6.45, 7) is 3.68. The van der Waals surface area contributed by atoms with E-state index in [0.29, 0.717) is 16.3 Å². The van der Waals surface area contributed by atoms with Crippen LogP contribution in [0.3, 0.4) is 0 Å². The minimum Gasteiger partial charge on any atom is -0.507 e. The van der Waals surface area contributed by atoms with E-state index in [4.69, 9.17) is 0 Å². The number of anilines is 1. The fourth-order valence-electron chi connectivity index (χ4n) is 1.87. The Bertz CT molecular complexity index is 662. The Kier molecular flexibility index (Phi) is 4.91. The summed E-state index contributed by atoms with van der Waals surface area (Å²) in [4.78, 5) is 17.2. The summed E-state index contributed by atoms with van der Waals surface area (Å²) < 4.78 is 0. The number of nitrogens with zero attached hydrogens (tertiary/aromatic N) is 1. The number of benzene rings is 1. The van der Waals surface area contributed by atoms with E-state index in [2.05, 4.69) is 10.3 Å². The van der Waals surface area contributed by atoms with Gasteiger partial charge in [-0.3, -0.25) is 4.79 Å². The van der Waals surface area contributed by atoms with Crippen LogP contribution in [0.2, 0.25) is 0 Å². The second-order valence-corrected chi connectivity index (χ2v) is 5.31. The molecule has 119 valence electrons. The molecule has 0 unspecified atom stereocenters. The van der Waals surface area contributed by atoms with Gasteiger partial charge in [0.15, 0.2) is 0 Å². The molecule has 1 heterocycles. The maximum atomic E-state index is 12.3. The molecule has 4 nitrogen and oxygen atoms in total. The number of thioether (sulfide) groups is 1. The van der Waals surface area contributed by atoms with Gasteiger partial charge in [0.2, 0.25) is 0 Å². The number of aryl methyl sites for hydroxylation is 2. The molecule has 0 fully saturated rings. The van der Waals surface area contributed by atoms with E-state index >= 15 is 0 Å². The van der Waals surface area contributed by atoms with Crippen molar-refractivity contribution in [3.63, 3.8) is 0 Å². The van der Waals surface area contributed by atoms with Crippen molar-refractivity contribution in [1.29, 1.82) is 0 Å². The zero-order valence-electron chi connectivity index (χ0n) is 11.9. The standard InChI is InChI=1S/C15H16N2O2S.Lr/c1-9-5-4-6-16-14(9)17-15(19)11-8-13(20-3)12(18)7-10(11)2;/h4-8,18H,1-3H3,(H,16,17,19);. The second-order valence-electron chi connectivity index (χ2n) is 4.46. The molecule has 1 radical (unpaired) electrons. The number of rotatable bonds is 3. The monoisotopic (exact) mass is 550 g/mol. The first kappa shape index (κ1) is 16.0. The predicted molar refractivity (Wildman–Crippen MR) is 81.6 cm³/mol. The first-order valence-electron chi connectivity index (χ1n) is 6.13. The third kappa shape index (κ3) is 3.30. The van der Waals surface area contributed by atoms with E-state index < -0.39 is 0 Å². The first-order valence-corrected chi connectivity index (χ1v) is 7.36. The van der Waals surface area contributed by atoms with Crippen molar-refractivity contribution in [3.05, 3.63) is 47.2 Å². The van der Waals surface area contributed by atoms with Gasteiger partial charge in [-0.05, 0) is 49.4 Å². The molecule has 2 N–H and O–H groups in total. The van der Waals surface area contributed by atoms with Gasteiger partial charge in [0.25, 0.3) is 5.91 Å². The number of amides is 1. The van der Waals surface area contributed by atoms with Gasteiger partial charge >= 0.3 is 0 Å². The van der Waals surface area contributed by atoms with Crippen LogP contribution in [0.25, 0.3) is 0 Å². The van der Waals surface area contributed by atoms with Gasteiger partial charge < -0.3 is 10.4 Å². The molecule has 0 bridgehead atoms. The van der Waals surface area contributed by atoms with Crippen LogP contribution in [0.15, 0.2) is 35.4 Å². The zero-order chi connectivity index (χ0) is 14.7. The van der Waals surface area contributed by atoms with Gasteiger partial charge in [0, 0.05) is 16.7 Å². The van der Waals surface area contributed by atoms with E-state index in [1.165, 1.54) is 11.8 Å². The van der Waals surface area contributed by atoms with Crippen LogP contribution in [0.5, 0.6) is 5.75 Å². The summed E-state index contributed by atoms with van der Waals surface area (Å²) in [6.07, 6.45) is 3.49. The summed E-state index contributed by atoms with van der Waals surface area (Å²) >= 11 is 1.40. The van der Waals surface area contributed by atoms with Gasteiger partial charge in [-0.2, -0.15) is 0 Å². The molecule has 2 aromatic rings. The third-order valence-electron chi connectivity index (χ3n) is 3.01.